The van der Waals surface area contributed by atoms with E-state index in [9.17, 15) is 18.0 Å². The average molecular weight is 407 g/mol. The van der Waals surface area contributed by atoms with Crippen molar-refractivity contribution in [3.8, 4) is 5.75 Å². The fraction of sp³-hybridized carbons (Fsp3) is 0.421. The van der Waals surface area contributed by atoms with Crippen LogP contribution in [0.25, 0.3) is 0 Å². The first-order chi connectivity index (χ1) is 13.8. The zero-order chi connectivity index (χ0) is 20.7. The van der Waals surface area contributed by atoms with E-state index in [1.165, 1.54) is 4.90 Å². The minimum absolute atomic E-state index is 0.0162. The van der Waals surface area contributed by atoms with E-state index >= 15 is 0 Å². The molecule has 0 radical (unpaired) electrons. The number of fused-ring (bicyclic) bond motifs is 1. The standard InChI is InChI=1S/C19H20F3N5O2/c1-26-9-16(28)27(2)15-8-24-19(25-18(15)26)23-7-10-3-11(4-10)29-12-5-13(20)17(22)14(21)6-12/h5-6,8,10-11H,3-4,7,9H2,1-2H3,(H,23,24,25)/t10-,11-. The van der Waals surface area contributed by atoms with Gasteiger partial charge in [0.15, 0.2) is 23.3 Å². The smallest absolute Gasteiger partial charge is 0.246 e. The molecule has 7 nitrogen and oxygen atoms in total. The number of nitrogens with zero attached hydrogens (tertiary/aromatic N) is 4. The van der Waals surface area contributed by atoms with Crippen LogP contribution in [0, 0.1) is 23.4 Å². The highest BCUT2D eigenvalue weighted by molar-refractivity contribution is 6.01. The van der Waals surface area contributed by atoms with Crippen LogP contribution >= 0.6 is 0 Å². The van der Waals surface area contributed by atoms with Crippen LogP contribution in [0.5, 0.6) is 5.75 Å². The van der Waals surface area contributed by atoms with Gasteiger partial charge in [0.1, 0.15) is 11.4 Å². The third-order valence-corrected chi connectivity index (χ3v) is 5.22. The highest BCUT2D eigenvalue weighted by atomic mass is 19.2. The lowest BCUT2D eigenvalue weighted by Crippen LogP contribution is -2.42. The lowest BCUT2D eigenvalue weighted by molar-refractivity contribution is -0.117. The molecule has 1 fully saturated rings. The van der Waals surface area contributed by atoms with Crippen molar-refractivity contribution in [3.63, 3.8) is 0 Å². The molecule has 2 aromatic rings. The van der Waals surface area contributed by atoms with Crippen LogP contribution in [0.3, 0.4) is 0 Å². The van der Waals surface area contributed by atoms with E-state index in [0.717, 1.165) is 12.1 Å². The van der Waals surface area contributed by atoms with Crippen LogP contribution in [0.15, 0.2) is 18.3 Å². The topological polar surface area (TPSA) is 70.6 Å². The predicted octanol–water partition coefficient (Wildman–Crippen LogP) is 2.58. The summed E-state index contributed by atoms with van der Waals surface area (Å²) in [6, 6.07) is 1.70. The maximum Gasteiger partial charge on any atom is 0.246 e. The summed E-state index contributed by atoms with van der Waals surface area (Å²) < 4.78 is 45.0. The van der Waals surface area contributed by atoms with Crippen molar-refractivity contribution in [2.45, 2.75) is 18.9 Å². The second-order valence-electron chi connectivity index (χ2n) is 7.37. The number of carbonyl (C=O) groups excluding carboxylic acids is 1. The minimum Gasteiger partial charge on any atom is -0.490 e. The van der Waals surface area contributed by atoms with Gasteiger partial charge < -0.3 is 19.9 Å². The van der Waals surface area contributed by atoms with E-state index in [-0.39, 0.29) is 30.2 Å². The maximum absolute atomic E-state index is 13.2. The minimum atomic E-state index is -1.50. The van der Waals surface area contributed by atoms with Gasteiger partial charge in [0.25, 0.3) is 0 Å². The molecule has 154 valence electrons. The highest BCUT2D eigenvalue weighted by Crippen LogP contribution is 2.33. The summed E-state index contributed by atoms with van der Waals surface area (Å²) in [5.74, 6) is -2.64. The molecule has 4 rings (SSSR count). The third kappa shape index (κ3) is 3.79. The fourth-order valence-corrected chi connectivity index (χ4v) is 3.45. The van der Waals surface area contributed by atoms with Gasteiger partial charge in [-0.05, 0) is 18.8 Å². The SMILES string of the molecule is CN1CC(=O)N(C)c2cnc(NC[C@H]3C[C@H](Oc4cc(F)c(F)c(F)c4)C3)nc21. The largest absolute Gasteiger partial charge is 0.490 e. The van der Waals surface area contributed by atoms with E-state index in [2.05, 4.69) is 15.3 Å². The molecule has 29 heavy (non-hydrogen) atoms. The first-order valence-electron chi connectivity index (χ1n) is 9.21. The van der Waals surface area contributed by atoms with E-state index in [1.807, 2.05) is 0 Å². The summed E-state index contributed by atoms with van der Waals surface area (Å²) in [7, 11) is 3.49. The molecule has 10 heteroatoms. The molecule has 2 aliphatic rings. The summed E-state index contributed by atoms with van der Waals surface area (Å²) >= 11 is 0. The molecule has 1 aromatic heterocycles. The number of ether oxygens (including phenoxy) is 1. The van der Waals surface area contributed by atoms with Crippen molar-refractivity contribution in [3.05, 3.63) is 35.8 Å². The molecule has 1 saturated carbocycles. The number of anilines is 3. The van der Waals surface area contributed by atoms with E-state index in [0.29, 0.717) is 36.8 Å². The van der Waals surface area contributed by atoms with Crippen molar-refractivity contribution in [1.29, 1.82) is 0 Å². The molecular weight excluding hydrogens is 387 g/mol. The van der Waals surface area contributed by atoms with Gasteiger partial charge in [-0.2, -0.15) is 4.98 Å². The van der Waals surface area contributed by atoms with Gasteiger partial charge >= 0.3 is 0 Å². The molecule has 0 spiro atoms. The Morgan fingerprint density at radius 2 is 1.90 bits per heavy atom. The fourth-order valence-electron chi connectivity index (χ4n) is 3.45. The Hall–Kier alpha value is -3.04. The van der Waals surface area contributed by atoms with Gasteiger partial charge in [-0.15, -0.1) is 0 Å². The van der Waals surface area contributed by atoms with E-state index < -0.39 is 17.5 Å². The van der Waals surface area contributed by atoms with Crippen molar-refractivity contribution in [2.75, 3.05) is 42.3 Å². The van der Waals surface area contributed by atoms with Crippen LogP contribution in [0.4, 0.5) is 30.6 Å². The number of halogens is 3. The Kier molecular flexibility index (Phi) is 4.93. The zero-order valence-corrected chi connectivity index (χ0v) is 16.0. The van der Waals surface area contributed by atoms with Gasteiger partial charge in [0, 0.05) is 32.8 Å². The number of hydrogen-bond donors (Lipinski definition) is 1. The number of hydrogen-bond acceptors (Lipinski definition) is 6. The predicted molar refractivity (Wildman–Crippen MR) is 101 cm³/mol. The van der Waals surface area contributed by atoms with Gasteiger partial charge in [-0.3, -0.25) is 4.79 Å². The highest BCUT2D eigenvalue weighted by Gasteiger charge is 2.32. The Balaban J connectivity index is 1.30. The molecule has 0 bridgehead atoms. The summed E-state index contributed by atoms with van der Waals surface area (Å²) in [6.07, 6.45) is 2.81. The molecule has 0 unspecified atom stereocenters. The molecule has 1 aromatic carbocycles. The molecule has 1 aliphatic heterocycles. The molecule has 1 amide bonds. The van der Waals surface area contributed by atoms with Crippen molar-refractivity contribution < 1.29 is 22.7 Å². The van der Waals surface area contributed by atoms with Gasteiger partial charge in [-0.1, -0.05) is 0 Å². The summed E-state index contributed by atoms with van der Waals surface area (Å²) in [5, 5.41) is 3.18. The summed E-state index contributed by atoms with van der Waals surface area (Å²) in [5.41, 5.74) is 0.658. The van der Waals surface area contributed by atoms with Crippen LogP contribution in [0.2, 0.25) is 0 Å². The first-order valence-corrected chi connectivity index (χ1v) is 9.21. The molecule has 1 N–H and O–H groups in total. The van der Waals surface area contributed by atoms with Crippen molar-refractivity contribution in [2.24, 2.45) is 5.92 Å². The molecule has 2 heterocycles. The quantitative estimate of drug-likeness (QED) is 0.769. The maximum atomic E-state index is 13.2. The van der Waals surface area contributed by atoms with Crippen LogP contribution in [-0.4, -0.2) is 49.2 Å². The Labute approximate surface area is 165 Å². The van der Waals surface area contributed by atoms with Crippen LogP contribution < -0.4 is 19.9 Å². The number of carbonyl (C=O) groups is 1. The Bertz CT molecular complexity index is 928. The summed E-state index contributed by atoms with van der Waals surface area (Å²) in [6.45, 7) is 0.870. The normalized spacial score (nSPS) is 20.9. The van der Waals surface area contributed by atoms with Crippen LogP contribution in [-0.2, 0) is 4.79 Å². The molecule has 0 atom stereocenters. The first kappa shape index (κ1) is 19.3. The van der Waals surface area contributed by atoms with Crippen molar-refractivity contribution in [1.82, 2.24) is 9.97 Å². The summed E-state index contributed by atoms with van der Waals surface area (Å²) in [4.78, 5) is 23.9. The number of nitrogens with one attached hydrogen (secondary N) is 1. The van der Waals surface area contributed by atoms with Crippen molar-refractivity contribution >= 4 is 23.4 Å². The Morgan fingerprint density at radius 1 is 1.21 bits per heavy atom. The van der Waals surface area contributed by atoms with E-state index in [1.54, 1.807) is 25.2 Å². The van der Waals surface area contributed by atoms with E-state index in [4.69, 9.17) is 4.74 Å². The number of rotatable bonds is 5. The number of benzene rings is 1. The number of amides is 1. The van der Waals surface area contributed by atoms with Gasteiger partial charge in [0.2, 0.25) is 11.9 Å². The lowest BCUT2D eigenvalue weighted by Gasteiger charge is -2.35. The second-order valence-corrected chi connectivity index (χ2v) is 7.37. The average Bonchev–Trinajstić information content (AvgIpc) is 2.65. The number of aromatic nitrogens is 2. The zero-order valence-electron chi connectivity index (χ0n) is 16.0. The monoisotopic (exact) mass is 407 g/mol. The Morgan fingerprint density at radius 3 is 2.59 bits per heavy atom. The lowest BCUT2D eigenvalue weighted by atomic mass is 9.82. The van der Waals surface area contributed by atoms with Gasteiger partial charge in [0.05, 0.1) is 18.8 Å². The second kappa shape index (κ2) is 7.41. The molecule has 1 aliphatic carbocycles. The van der Waals surface area contributed by atoms with Crippen LogP contribution in [0.1, 0.15) is 12.8 Å². The number of likely N-dealkylation sites (N-methyl/N-ethyl adjacent to an activating group) is 2. The molecular formula is C19H20F3N5O2. The molecule has 0 saturated heterocycles. The third-order valence-electron chi connectivity index (χ3n) is 5.22. The van der Waals surface area contributed by atoms with Gasteiger partial charge in [-0.25, -0.2) is 18.2 Å².